The van der Waals surface area contributed by atoms with E-state index in [4.69, 9.17) is 11.6 Å². The lowest BCUT2D eigenvalue weighted by molar-refractivity contribution is -0.499. The second-order valence-corrected chi connectivity index (χ2v) is 4.92. The molecule has 1 rings (SSSR count). The Kier molecular flexibility index (Phi) is 4.87. The molecule has 1 aromatic heterocycles. The van der Waals surface area contributed by atoms with Crippen LogP contribution in [0.3, 0.4) is 0 Å². The minimum Gasteiger partial charge on any atom is -0.270 e. The third-order valence-corrected chi connectivity index (χ3v) is 2.47. The number of hydrogen-bond acceptors (Lipinski definition) is 1. The average Bonchev–Trinajstić information content (AvgIpc) is 2.20. The Morgan fingerprint density at radius 2 is 2.24 bits per heavy atom. The zero-order valence-electron chi connectivity index (χ0n) is 10.6. The van der Waals surface area contributed by atoms with Gasteiger partial charge in [-0.2, -0.15) is 0 Å². The second kappa shape index (κ2) is 5.96. The van der Waals surface area contributed by atoms with Crippen LogP contribution in [-0.2, 0) is 0 Å². The van der Waals surface area contributed by atoms with Gasteiger partial charge in [-0.05, 0) is 5.92 Å². The quantitative estimate of drug-likeness (QED) is 0.470. The van der Waals surface area contributed by atoms with Gasteiger partial charge in [0, 0.05) is 6.07 Å². The highest BCUT2D eigenvalue weighted by Gasteiger charge is 2.11. The van der Waals surface area contributed by atoms with Gasteiger partial charge < -0.3 is 0 Å². The van der Waals surface area contributed by atoms with Crippen LogP contribution in [0.1, 0.15) is 13.8 Å². The molecule has 0 fully saturated rings. The van der Waals surface area contributed by atoms with Gasteiger partial charge in [-0.1, -0.05) is 25.4 Å². The van der Waals surface area contributed by atoms with E-state index in [9.17, 15) is 4.39 Å². The Labute approximate surface area is 107 Å². The van der Waals surface area contributed by atoms with Crippen molar-refractivity contribution in [2.75, 3.05) is 25.5 Å². The molecule has 0 atom stereocenters. The summed E-state index contributed by atoms with van der Waals surface area (Å²) in [5.74, 6) is 0.695. The molecule has 1 aromatic rings. The summed E-state index contributed by atoms with van der Waals surface area (Å²) in [6.45, 7) is 5.24. The average molecular weight is 259 g/mol. The van der Waals surface area contributed by atoms with Crippen molar-refractivity contribution >= 4 is 23.8 Å². The summed E-state index contributed by atoms with van der Waals surface area (Å²) in [6.07, 6.45) is 3.04. The van der Waals surface area contributed by atoms with Crippen molar-refractivity contribution in [3.63, 3.8) is 0 Å². The summed E-state index contributed by atoms with van der Waals surface area (Å²) >= 11 is 5.71. The zero-order valence-corrected chi connectivity index (χ0v) is 11.4. The predicted molar refractivity (Wildman–Crippen MR) is 69.6 cm³/mol. The molecular formula is C12H18ClFN3+. The summed E-state index contributed by atoms with van der Waals surface area (Å²) < 4.78 is 15.0. The number of hydrogen-bond donors (Lipinski definition) is 0. The highest BCUT2D eigenvalue weighted by atomic mass is 35.5. The smallest absolute Gasteiger partial charge is 0.240 e. The molecule has 3 nitrogen and oxygen atoms in total. The molecule has 0 saturated carbocycles. The summed E-state index contributed by atoms with van der Waals surface area (Å²) in [4.78, 5) is 5.79. The summed E-state index contributed by atoms with van der Waals surface area (Å²) in [5, 5.41) is 0.0850. The normalized spacial score (nSPS) is 12.1. The number of aromatic nitrogens is 1. The van der Waals surface area contributed by atoms with Crippen molar-refractivity contribution in [1.82, 2.24) is 4.98 Å². The van der Waals surface area contributed by atoms with Crippen LogP contribution in [0.5, 0.6) is 0 Å². The maximum atomic E-state index is 13.0. The van der Waals surface area contributed by atoms with Crippen molar-refractivity contribution in [3.05, 3.63) is 23.1 Å². The fourth-order valence-electron chi connectivity index (χ4n) is 1.57. The molecular weight excluding hydrogens is 241 g/mol. The summed E-state index contributed by atoms with van der Waals surface area (Å²) in [7, 11) is 3.84. The molecule has 17 heavy (non-hydrogen) atoms. The SMILES string of the molecule is CC(C)C[N+](C)=CN(C)c1cc(Cl)c(F)cn1. The Morgan fingerprint density at radius 3 is 2.76 bits per heavy atom. The van der Waals surface area contributed by atoms with E-state index in [0.717, 1.165) is 12.7 Å². The highest BCUT2D eigenvalue weighted by molar-refractivity contribution is 6.30. The van der Waals surface area contributed by atoms with Gasteiger partial charge >= 0.3 is 0 Å². The third kappa shape index (κ3) is 4.30. The van der Waals surface area contributed by atoms with Crippen molar-refractivity contribution < 1.29 is 8.97 Å². The molecule has 0 amide bonds. The maximum Gasteiger partial charge on any atom is 0.240 e. The summed E-state index contributed by atoms with van der Waals surface area (Å²) in [5.41, 5.74) is 0. The molecule has 0 aromatic carbocycles. The lowest BCUT2D eigenvalue weighted by Crippen LogP contribution is -2.25. The van der Waals surface area contributed by atoms with Crippen LogP contribution in [0.4, 0.5) is 10.2 Å². The van der Waals surface area contributed by atoms with Crippen LogP contribution in [0.25, 0.3) is 0 Å². The number of pyridine rings is 1. The fraction of sp³-hybridized carbons (Fsp3) is 0.500. The minimum atomic E-state index is -0.501. The Bertz CT molecular complexity index is 418. The standard InChI is InChI=1S/C12H18ClFN3/c1-9(2)7-16(3)8-17(4)12-5-10(13)11(14)6-15-12/h5-6,8-9H,7H2,1-4H3/q+1. The molecule has 0 saturated heterocycles. The molecule has 0 bridgehead atoms. The molecule has 94 valence electrons. The van der Waals surface area contributed by atoms with Crippen LogP contribution in [0.15, 0.2) is 12.3 Å². The van der Waals surface area contributed by atoms with Crippen molar-refractivity contribution in [2.24, 2.45) is 5.92 Å². The van der Waals surface area contributed by atoms with Gasteiger partial charge in [0.15, 0.2) is 5.82 Å². The molecule has 0 N–H and O–H groups in total. The van der Waals surface area contributed by atoms with Gasteiger partial charge in [-0.3, -0.25) is 4.58 Å². The van der Waals surface area contributed by atoms with Crippen molar-refractivity contribution in [3.8, 4) is 0 Å². The highest BCUT2D eigenvalue weighted by Crippen LogP contribution is 2.18. The largest absolute Gasteiger partial charge is 0.270 e. The van der Waals surface area contributed by atoms with Gasteiger partial charge in [-0.15, -0.1) is 0 Å². The maximum absolute atomic E-state index is 13.0. The molecule has 1 heterocycles. The lowest BCUT2D eigenvalue weighted by Gasteiger charge is -2.09. The summed E-state index contributed by atoms with van der Waals surface area (Å²) in [6, 6.07) is 1.51. The predicted octanol–water partition coefficient (Wildman–Crippen LogP) is 2.64. The van der Waals surface area contributed by atoms with Gasteiger partial charge in [0.25, 0.3) is 0 Å². The molecule has 5 heteroatoms. The Hall–Kier alpha value is -1.16. The lowest BCUT2D eigenvalue weighted by atomic mass is 10.2. The van der Waals surface area contributed by atoms with E-state index in [-0.39, 0.29) is 5.02 Å². The topological polar surface area (TPSA) is 19.1 Å². The first kappa shape index (κ1) is 13.9. The number of anilines is 1. The third-order valence-electron chi connectivity index (χ3n) is 2.18. The van der Waals surface area contributed by atoms with Gasteiger partial charge in [0.1, 0.15) is 0 Å². The molecule has 0 aliphatic rings. The van der Waals surface area contributed by atoms with E-state index in [1.54, 1.807) is 0 Å². The molecule has 0 radical (unpaired) electrons. The van der Waals surface area contributed by atoms with E-state index >= 15 is 0 Å². The van der Waals surface area contributed by atoms with Crippen LogP contribution in [-0.4, -0.2) is 36.5 Å². The van der Waals surface area contributed by atoms with E-state index in [2.05, 4.69) is 23.4 Å². The second-order valence-electron chi connectivity index (χ2n) is 4.52. The first-order valence-corrected chi connectivity index (χ1v) is 5.87. The van der Waals surface area contributed by atoms with E-state index in [1.165, 1.54) is 6.07 Å². The zero-order chi connectivity index (χ0) is 13.0. The molecule has 0 aliphatic heterocycles. The van der Waals surface area contributed by atoms with Crippen LogP contribution >= 0.6 is 11.6 Å². The Morgan fingerprint density at radius 1 is 1.59 bits per heavy atom. The minimum absolute atomic E-state index is 0.0850. The Balaban J connectivity index is 2.82. The molecule has 0 aliphatic carbocycles. The first-order chi connectivity index (χ1) is 7.90. The van der Waals surface area contributed by atoms with Crippen molar-refractivity contribution in [1.29, 1.82) is 0 Å². The van der Waals surface area contributed by atoms with Gasteiger partial charge in [-0.25, -0.2) is 14.3 Å². The van der Waals surface area contributed by atoms with Crippen LogP contribution < -0.4 is 4.90 Å². The number of rotatable bonds is 4. The first-order valence-electron chi connectivity index (χ1n) is 5.49. The van der Waals surface area contributed by atoms with Crippen LogP contribution in [0, 0.1) is 11.7 Å². The molecule has 0 unspecified atom stereocenters. The van der Waals surface area contributed by atoms with Crippen LogP contribution in [0.2, 0.25) is 5.02 Å². The van der Waals surface area contributed by atoms with E-state index in [1.807, 2.05) is 25.3 Å². The van der Waals surface area contributed by atoms with E-state index in [0.29, 0.717) is 11.7 Å². The van der Waals surface area contributed by atoms with Gasteiger partial charge in [0.2, 0.25) is 12.2 Å². The van der Waals surface area contributed by atoms with Gasteiger partial charge in [0.05, 0.1) is 31.9 Å². The molecule has 0 spiro atoms. The van der Waals surface area contributed by atoms with Crippen molar-refractivity contribution in [2.45, 2.75) is 13.8 Å². The van der Waals surface area contributed by atoms with E-state index < -0.39 is 5.82 Å². The fourth-order valence-corrected chi connectivity index (χ4v) is 1.72. The number of nitrogens with zero attached hydrogens (tertiary/aromatic N) is 3. The monoisotopic (exact) mass is 258 g/mol. The number of halogens is 2.